The maximum Gasteiger partial charge on any atom is 0.446 e. The smallest absolute Gasteiger partial charge is 0.446 e. The molecule has 0 aliphatic rings. The fraction of sp³-hybridized carbons (Fsp3) is 0.385. The summed E-state index contributed by atoms with van der Waals surface area (Å²) in [7, 11) is 1.17. The van der Waals surface area contributed by atoms with Gasteiger partial charge in [-0.2, -0.15) is 18.4 Å². The summed E-state index contributed by atoms with van der Waals surface area (Å²) >= 11 is -0.373. The Hall–Kier alpha value is -1.88. The highest BCUT2D eigenvalue weighted by atomic mass is 32.2. The number of benzene rings is 1. The molecule has 0 bridgehead atoms. The molecule has 1 rings (SSSR count). The van der Waals surface area contributed by atoms with Crippen LogP contribution in [0.15, 0.2) is 17.0 Å². The number of esters is 1. The third-order valence-electron chi connectivity index (χ3n) is 2.39. The number of halogens is 3. The number of carbonyl (C=O) groups excluding carboxylic acids is 1. The van der Waals surface area contributed by atoms with Gasteiger partial charge >= 0.3 is 11.5 Å². The van der Waals surface area contributed by atoms with Gasteiger partial charge in [0.05, 0.1) is 30.6 Å². The number of rotatable bonds is 5. The maximum absolute atomic E-state index is 12.5. The average Bonchev–Trinajstić information content (AvgIpc) is 2.38. The van der Waals surface area contributed by atoms with Crippen LogP contribution < -0.4 is 4.74 Å². The molecule has 1 aromatic carbocycles. The highest BCUT2D eigenvalue weighted by molar-refractivity contribution is 8.00. The molecular formula is C13H12F3NO3S. The van der Waals surface area contributed by atoms with Crippen molar-refractivity contribution in [3.63, 3.8) is 0 Å². The van der Waals surface area contributed by atoms with Crippen molar-refractivity contribution < 1.29 is 27.4 Å². The Bertz CT molecular complexity index is 567. The van der Waals surface area contributed by atoms with Crippen molar-refractivity contribution in [1.29, 1.82) is 5.26 Å². The van der Waals surface area contributed by atoms with E-state index >= 15 is 0 Å². The molecular weight excluding hydrogens is 307 g/mol. The molecule has 114 valence electrons. The lowest BCUT2D eigenvalue weighted by Crippen LogP contribution is -2.10. The van der Waals surface area contributed by atoms with E-state index in [9.17, 15) is 18.0 Å². The van der Waals surface area contributed by atoms with Gasteiger partial charge in [0.2, 0.25) is 0 Å². The maximum atomic E-state index is 12.5. The van der Waals surface area contributed by atoms with Crippen LogP contribution in [0, 0.1) is 11.3 Å². The van der Waals surface area contributed by atoms with E-state index in [0.717, 1.165) is 0 Å². The zero-order valence-electron chi connectivity index (χ0n) is 11.3. The van der Waals surface area contributed by atoms with Crippen molar-refractivity contribution in [3.8, 4) is 11.8 Å². The number of ether oxygens (including phenoxy) is 2. The van der Waals surface area contributed by atoms with E-state index in [-0.39, 0.29) is 46.6 Å². The number of alkyl halides is 3. The van der Waals surface area contributed by atoms with Crippen LogP contribution in [-0.4, -0.2) is 25.2 Å². The molecule has 0 atom stereocenters. The Morgan fingerprint density at radius 2 is 2.10 bits per heavy atom. The predicted molar refractivity (Wildman–Crippen MR) is 70.0 cm³/mol. The SMILES string of the molecule is CCOC(=O)Cc1ccc(SC(F)(F)F)c(OC)c1C#N. The molecule has 0 saturated carbocycles. The van der Waals surface area contributed by atoms with E-state index in [1.807, 2.05) is 0 Å². The van der Waals surface area contributed by atoms with Gasteiger partial charge in [0.15, 0.2) is 5.75 Å². The van der Waals surface area contributed by atoms with Crippen molar-refractivity contribution in [2.24, 2.45) is 0 Å². The van der Waals surface area contributed by atoms with E-state index in [4.69, 9.17) is 14.7 Å². The lowest BCUT2D eigenvalue weighted by molar-refractivity contribution is -0.142. The molecule has 0 fully saturated rings. The Morgan fingerprint density at radius 1 is 1.43 bits per heavy atom. The summed E-state index contributed by atoms with van der Waals surface area (Å²) in [5.74, 6) is -0.756. The van der Waals surface area contributed by atoms with E-state index in [1.54, 1.807) is 13.0 Å². The summed E-state index contributed by atoms with van der Waals surface area (Å²) in [6, 6.07) is 4.25. The summed E-state index contributed by atoms with van der Waals surface area (Å²) in [4.78, 5) is 11.2. The van der Waals surface area contributed by atoms with Crippen molar-refractivity contribution >= 4 is 17.7 Å². The van der Waals surface area contributed by atoms with Crippen LogP contribution in [0.2, 0.25) is 0 Å². The van der Waals surface area contributed by atoms with Crippen LogP contribution in [0.1, 0.15) is 18.1 Å². The Balaban J connectivity index is 3.20. The predicted octanol–water partition coefficient (Wildman–Crippen LogP) is 3.28. The van der Waals surface area contributed by atoms with E-state index < -0.39 is 11.5 Å². The number of hydrogen-bond donors (Lipinski definition) is 0. The molecule has 0 N–H and O–H groups in total. The molecule has 21 heavy (non-hydrogen) atoms. The minimum atomic E-state index is -4.50. The summed E-state index contributed by atoms with van der Waals surface area (Å²) < 4.78 is 47.0. The molecule has 0 aliphatic heterocycles. The minimum Gasteiger partial charge on any atom is -0.494 e. The number of thioether (sulfide) groups is 1. The lowest BCUT2D eigenvalue weighted by Gasteiger charge is -2.14. The number of methoxy groups -OCH3 is 1. The number of carbonyl (C=O) groups is 1. The molecule has 0 unspecified atom stereocenters. The standard InChI is InChI=1S/C13H12F3NO3S/c1-3-20-11(18)6-8-4-5-10(21-13(14,15)16)12(19-2)9(8)7-17/h4-5H,3,6H2,1-2H3. The Morgan fingerprint density at radius 3 is 2.57 bits per heavy atom. The molecule has 8 heteroatoms. The van der Waals surface area contributed by atoms with E-state index in [0.29, 0.717) is 0 Å². The van der Waals surface area contributed by atoms with Crippen LogP contribution in [0.4, 0.5) is 13.2 Å². The highest BCUT2D eigenvalue weighted by Gasteiger charge is 2.32. The van der Waals surface area contributed by atoms with Gasteiger partial charge in [0.1, 0.15) is 6.07 Å². The second-order valence-corrected chi connectivity index (χ2v) is 4.88. The molecule has 0 saturated heterocycles. The van der Waals surface area contributed by atoms with Gasteiger partial charge in [-0.05, 0) is 30.3 Å². The van der Waals surface area contributed by atoms with Crippen molar-refractivity contribution in [3.05, 3.63) is 23.3 Å². The van der Waals surface area contributed by atoms with Crippen LogP contribution in [0.3, 0.4) is 0 Å². The van der Waals surface area contributed by atoms with Gasteiger partial charge < -0.3 is 9.47 Å². The fourth-order valence-electron chi connectivity index (χ4n) is 1.65. The monoisotopic (exact) mass is 319 g/mol. The fourth-order valence-corrected chi connectivity index (χ4v) is 2.31. The normalized spacial score (nSPS) is 10.9. The lowest BCUT2D eigenvalue weighted by atomic mass is 10.0. The highest BCUT2D eigenvalue weighted by Crippen LogP contribution is 2.43. The van der Waals surface area contributed by atoms with Crippen LogP contribution in [-0.2, 0) is 16.0 Å². The molecule has 0 amide bonds. The first-order chi connectivity index (χ1) is 9.82. The Kier molecular flexibility index (Phi) is 5.90. The summed E-state index contributed by atoms with van der Waals surface area (Å²) in [6.45, 7) is 1.81. The zero-order valence-corrected chi connectivity index (χ0v) is 12.1. The van der Waals surface area contributed by atoms with Crippen molar-refractivity contribution in [2.45, 2.75) is 23.7 Å². The molecule has 0 radical (unpaired) electrons. The second kappa shape index (κ2) is 7.22. The van der Waals surface area contributed by atoms with Gasteiger partial charge in [-0.1, -0.05) is 6.07 Å². The first-order valence-electron chi connectivity index (χ1n) is 5.83. The van der Waals surface area contributed by atoms with Crippen molar-refractivity contribution in [2.75, 3.05) is 13.7 Å². The quantitative estimate of drug-likeness (QED) is 0.616. The molecule has 0 aromatic heterocycles. The number of nitriles is 1. The van der Waals surface area contributed by atoms with Crippen LogP contribution in [0.25, 0.3) is 0 Å². The minimum absolute atomic E-state index is 0.0974. The van der Waals surface area contributed by atoms with E-state index in [2.05, 4.69) is 0 Å². The zero-order chi connectivity index (χ0) is 16.0. The topological polar surface area (TPSA) is 59.3 Å². The first-order valence-corrected chi connectivity index (χ1v) is 6.65. The van der Waals surface area contributed by atoms with Crippen LogP contribution >= 0.6 is 11.8 Å². The second-order valence-electron chi connectivity index (χ2n) is 3.77. The number of hydrogen-bond acceptors (Lipinski definition) is 5. The van der Waals surface area contributed by atoms with Crippen LogP contribution in [0.5, 0.6) is 5.75 Å². The van der Waals surface area contributed by atoms with Gasteiger partial charge in [0, 0.05) is 0 Å². The first kappa shape index (κ1) is 17.2. The van der Waals surface area contributed by atoms with Gasteiger partial charge in [-0.25, -0.2) is 0 Å². The Labute approximate surface area is 123 Å². The third-order valence-corrected chi connectivity index (χ3v) is 3.16. The summed E-state index contributed by atoms with van der Waals surface area (Å²) in [5, 5.41) is 9.12. The molecule has 1 aromatic rings. The molecule has 0 spiro atoms. The van der Waals surface area contributed by atoms with Crippen molar-refractivity contribution in [1.82, 2.24) is 0 Å². The third kappa shape index (κ3) is 4.86. The summed E-state index contributed by atoms with van der Waals surface area (Å²) in [5.41, 5.74) is -4.33. The van der Waals surface area contributed by atoms with Gasteiger partial charge in [-0.3, -0.25) is 4.79 Å². The molecule has 4 nitrogen and oxygen atoms in total. The molecule has 0 heterocycles. The molecule has 0 aliphatic carbocycles. The van der Waals surface area contributed by atoms with E-state index in [1.165, 1.54) is 19.2 Å². The average molecular weight is 319 g/mol. The van der Waals surface area contributed by atoms with Gasteiger partial charge in [0.25, 0.3) is 0 Å². The largest absolute Gasteiger partial charge is 0.494 e. The summed E-state index contributed by atoms with van der Waals surface area (Å²) in [6.07, 6.45) is -0.204. The number of nitrogens with zero attached hydrogens (tertiary/aromatic N) is 1. The van der Waals surface area contributed by atoms with Gasteiger partial charge in [-0.15, -0.1) is 0 Å².